The van der Waals surface area contributed by atoms with Crippen molar-refractivity contribution in [2.75, 3.05) is 24.8 Å². The number of nitrogens with zero attached hydrogens (tertiary/aromatic N) is 1. The van der Waals surface area contributed by atoms with Crippen molar-refractivity contribution in [2.45, 2.75) is 6.92 Å². The molecule has 8 N–H and O–H groups in total. The van der Waals surface area contributed by atoms with Gasteiger partial charge in [0, 0.05) is 5.56 Å². The standard InChI is InChI=1S/C13H15N5O3.CH5N/c1-2-21-9-5-7(6-19)3-4-8(9)11-16-12(18-15)10(14)13(20)17-11;1-2/h3-6H,2,14-15H2,1H3,(H2,16,17,18,20);2H2,1H3. The minimum atomic E-state index is -0.519. The average Bonchev–Trinajstić information content (AvgIpc) is 2.59. The molecule has 124 valence electrons. The highest BCUT2D eigenvalue weighted by Crippen LogP contribution is 2.29. The van der Waals surface area contributed by atoms with Crippen molar-refractivity contribution in [3.63, 3.8) is 0 Å². The Balaban J connectivity index is 0.00000127. The molecule has 0 aliphatic rings. The molecular formula is C14H20N6O3. The molecular weight excluding hydrogens is 300 g/mol. The van der Waals surface area contributed by atoms with Crippen molar-refractivity contribution in [2.24, 2.45) is 11.6 Å². The normalized spacial score (nSPS) is 9.57. The number of carbonyl (C=O) groups excluding carboxylic acids is 1. The minimum absolute atomic E-state index is 0.0654. The number of aromatic amines is 1. The number of hydrogen-bond acceptors (Lipinski definition) is 8. The maximum Gasteiger partial charge on any atom is 0.276 e. The van der Waals surface area contributed by atoms with Gasteiger partial charge in [-0.2, -0.15) is 0 Å². The van der Waals surface area contributed by atoms with Crippen LogP contribution in [0.15, 0.2) is 23.0 Å². The van der Waals surface area contributed by atoms with Crippen molar-refractivity contribution in [3.05, 3.63) is 34.1 Å². The summed E-state index contributed by atoms with van der Waals surface area (Å²) in [5.74, 6) is 6.02. The number of ether oxygens (including phenoxy) is 1. The van der Waals surface area contributed by atoms with Crippen molar-refractivity contribution in [1.29, 1.82) is 0 Å². The van der Waals surface area contributed by atoms with Gasteiger partial charge in [0.05, 0.1) is 12.2 Å². The summed E-state index contributed by atoms with van der Waals surface area (Å²) in [4.78, 5) is 29.3. The Labute approximate surface area is 132 Å². The zero-order valence-corrected chi connectivity index (χ0v) is 12.9. The van der Waals surface area contributed by atoms with Crippen LogP contribution in [-0.4, -0.2) is 29.9 Å². The number of nitrogens with one attached hydrogen (secondary N) is 2. The number of aromatic nitrogens is 2. The molecule has 0 aliphatic carbocycles. The van der Waals surface area contributed by atoms with Crippen molar-refractivity contribution < 1.29 is 9.53 Å². The van der Waals surface area contributed by atoms with Gasteiger partial charge in [-0.05, 0) is 26.1 Å². The highest BCUT2D eigenvalue weighted by Gasteiger charge is 2.13. The van der Waals surface area contributed by atoms with Crippen LogP contribution in [0.4, 0.5) is 11.5 Å². The van der Waals surface area contributed by atoms with E-state index in [9.17, 15) is 9.59 Å². The molecule has 9 heteroatoms. The van der Waals surface area contributed by atoms with E-state index in [2.05, 4.69) is 21.1 Å². The number of anilines is 2. The molecule has 2 rings (SSSR count). The van der Waals surface area contributed by atoms with Crippen molar-refractivity contribution in [3.8, 4) is 17.1 Å². The third kappa shape index (κ3) is 4.05. The number of rotatable bonds is 5. The molecule has 0 radical (unpaired) electrons. The van der Waals surface area contributed by atoms with E-state index in [1.54, 1.807) is 18.2 Å². The molecule has 0 atom stereocenters. The van der Waals surface area contributed by atoms with E-state index in [1.165, 1.54) is 7.05 Å². The Kier molecular flexibility index (Phi) is 6.71. The van der Waals surface area contributed by atoms with Gasteiger partial charge in [0.25, 0.3) is 5.56 Å². The summed E-state index contributed by atoms with van der Waals surface area (Å²) in [5.41, 5.74) is 12.7. The van der Waals surface area contributed by atoms with Crippen LogP contribution in [0.25, 0.3) is 11.4 Å². The number of aldehydes is 1. The second kappa shape index (κ2) is 8.51. The number of hydrogen-bond donors (Lipinski definition) is 5. The van der Waals surface area contributed by atoms with Gasteiger partial charge in [-0.1, -0.05) is 6.07 Å². The highest BCUT2D eigenvalue weighted by molar-refractivity contribution is 5.79. The summed E-state index contributed by atoms with van der Waals surface area (Å²) in [6.45, 7) is 2.21. The first-order valence-electron chi connectivity index (χ1n) is 6.77. The summed E-state index contributed by atoms with van der Waals surface area (Å²) in [7, 11) is 1.50. The summed E-state index contributed by atoms with van der Waals surface area (Å²) >= 11 is 0. The van der Waals surface area contributed by atoms with E-state index in [4.69, 9.17) is 16.3 Å². The molecule has 1 aromatic heterocycles. The van der Waals surface area contributed by atoms with E-state index in [0.717, 1.165) is 0 Å². The lowest BCUT2D eigenvalue weighted by atomic mass is 10.1. The van der Waals surface area contributed by atoms with Gasteiger partial charge < -0.3 is 26.6 Å². The van der Waals surface area contributed by atoms with Gasteiger partial charge in [-0.3, -0.25) is 9.59 Å². The first kappa shape index (κ1) is 18.1. The van der Waals surface area contributed by atoms with Gasteiger partial charge in [0.2, 0.25) is 0 Å². The summed E-state index contributed by atoms with van der Waals surface area (Å²) in [5, 5.41) is 0. The Morgan fingerprint density at radius 1 is 1.39 bits per heavy atom. The van der Waals surface area contributed by atoms with Gasteiger partial charge in [0.1, 0.15) is 23.5 Å². The molecule has 2 aromatic rings. The van der Waals surface area contributed by atoms with Crippen LogP contribution in [0.3, 0.4) is 0 Å². The molecule has 0 aliphatic heterocycles. The molecule has 23 heavy (non-hydrogen) atoms. The molecule has 1 heterocycles. The Bertz CT molecular complexity index is 729. The fourth-order valence-corrected chi connectivity index (χ4v) is 1.80. The van der Waals surface area contributed by atoms with E-state index < -0.39 is 5.56 Å². The second-order valence-corrected chi connectivity index (χ2v) is 4.13. The molecule has 1 aromatic carbocycles. The monoisotopic (exact) mass is 320 g/mol. The smallest absolute Gasteiger partial charge is 0.276 e. The van der Waals surface area contributed by atoms with Gasteiger partial charge in [-0.25, -0.2) is 10.8 Å². The number of nitrogens with two attached hydrogens (primary N) is 3. The molecule has 0 spiro atoms. The van der Waals surface area contributed by atoms with Crippen LogP contribution >= 0.6 is 0 Å². The first-order chi connectivity index (χ1) is 11.1. The number of H-pyrrole nitrogens is 1. The lowest BCUT2D eigenvalue weighted by Gasteiger charge is -2.11. The lowest BCUT2D eigenvalue weighted by Crippen LogP contribution is -2.20. The maximum absolute atomic E-state index is 11.8. The Morgan fingerprint density at radius 2 is 2.09 bits per heavy atom. The molecule has 0 unspecified atom stereocenters. The first-order valence-corrected chi connectivity index (χ1v) is 6.77. The van der Waals surface area contributed by atoms with Crippen molar-refractivity contribution >= 4 is 17.8 Å². The predicted molar refractivity (Wildman–Crippen MR) is 89.2 cm³/mol. The van der Waals surface area contributed by atoms with E-state index >= 15 is 0 Å². The van der Waals surface area contributed by atoms with Crippen LogP contribution in [-0.2, 0) is 0 Å². The molecule has 0 saturated carbocycles. The highest BCUT2D eigenvalue weighted by atomic mass is 16.5. The number of benzene rings is 1. The lowest BCUT2D eigenvalue weighted by molar-refractivity contribution is 0.112. The van der Waals surface area contributed by atoms with Crippen LogP contribution < -0.4 is 33.0 Å². The molecule has 9 nitrogen and oxygen atoms in total. The van der Waals surface area contributed by atoms with Gasteiger partial charge in [0.15, 0.2) is 5.82 Å². The topological polar surface area (TPSA) is 162 Å². The second-order valence-electron chi connectivity index (χ2n) is 4.13. The number of carbonyl (C=O) groups is 1. The number of hydrazine groups is 1. The quantitative estimate of drug-likeness (QED) is 0.294. The number of nitrogen functional groups attached to an aromatic ring is 2. The predicted octanol–water partition coefficient (Wildman–Crippen LogP) is 0.0908. The summed E-state index contributed by atoms with van der Waals surface area (Å²) in [6.07, 6.45) is 0.707. The van der Waals surface area contributed by atoms with E-state index in [-0.39, 0.29) is 17.3 Å². The van der Waals surface area contributed by atoms with Crippen LogP contribution in [0.1, 0.15) is 17.3 Å². The van der Waals surface area contributed by atoms with Gasteiger partial charge in [-0.15, -0.1) is 0 Å². The zero-order valence-electron chi connectivity index (χ0n) is 12.9. The molecule has 0 saturated heterocycles. The summed E-state index contributed by atoms with van der Waals surface area (Å²) in [6, 6.07) is 4.79. The molecule has 0 fully saturated rings. The third-order valence-corrected chi connectivity index (χ3v) is 2.79. The largest absolute Gasteiger partial charge is 0.493 e. The molecule has 0 amide bonds. The SMILES string of the molecule is CCOc1cc(C=O)ccc1-c1nc(NN)c(N)c(=O)[nH]1.CN. The Morgan fingerprint density at radius 3 is 2.65 bits per heavy atom. The zero-order chi connectivity index (χ0) is 17.4. The minimum Gasteiger partial charge on any atom is -0.493 e. The van der Waals surface area contributed by atoms with Crippen molar-refractivity contribution in [1.82, 2.24) is 9.97 Å². The van der Waals surface area contributed by atoms with Crippen LogP contribution in [0.5, 0.6) is 5.75 Å². The Hall–Kier alpha value is -2.91. The summed E-state index contributed by atoms with van der Waals surface area (Å²) < 4.78 is 5.47. The third-order valence-electron chi connectivity index (χ3n) is 2.79. The van der Waals surface area contributed by atoms with Crippen LogP contribution in [0.2, 0.25) is 0 Å². The van der Waals surface area contributed by atoms with E-state index in [0.29, 0.717) is 29.8 Å². The maximum atomic E-state index is 11.8. The van der Waals surface area contributed by atoms with Gasteiger partial charge >= 0.3 is 0 Å². The fraction of sp³-hybridized carbons (Fsp3) is 0.214. The van der Waals surface area contributed by atoms with E-state index in [1.807, 2.05) is 6.92 Å². The van der Waals surface area contributed by atoms with Crippen LogP contribution in [0, 0.1) is 0 Å². The average molecular weight is 320 g/mol. The fourth-order valence-electron chi connectivity index (χ4n) is 1.80. The molecule has 0 bridgehead atoms.